The third kappa shape index (κ3) is 3.36. The molecule has 0 unspecified atom stereocenters. The van der Waals surface area contributed by atoms with Gasteiger partial charge in [-0.3, -0.25) is 0 Å². The van der Waals surface area contributed by atoms with Crippen LogP contribution in [0.2, 0.25) is 0 Å². The molecule has 0 atom stereocenters. The fraction of sp³-hybridized carbons (Fsp3) is 0. The van der Waals surface area contributed by atoms with Crippen molar-refractivity contribution in [2.75, 3.05) is 0 Å². The number of hydrogen-bond donors (Lipinski definition) is 0. The van der Waals surface area contributed by atoms with Gasteiger partial charge in [-0.1, -0.05) is 27.7 Å². The minimum absolute atomic E-state index is 1.08. The summed E-state index contributed by atoms with van der Waals surface area (Å²) in [5, 5.41) is 0. The van der Waals surface area contributed by atoms with Gasteiger partial charge in [-0.05, 0) is 74.3 Å². The number of rotatable bonds is 2. The van der Waals surface area contributed by atoms with Crippen molar-refractivity contribution in [3.63, 3.8) is 0 Å². The summed E-state index contributed by atoms with van der Waals surface area (Å²) in [5.74, 6) is 0. The van der Waals surface area contributed by atoms with Crippen molar-refractivity contribution in [1.82, 2.24) is 0 Å². The lowest BCUT2D eigenvalue weighted by molar-refractivity contribution is 1.37. The quantitative estimate of drug-likeness (QED) is 0.561. The van der Waals surface area contributed by atoms with E-state index < -0.39 is 0 Å². The molecule has 0 fully saturated rings. The second kappa shape index (κ2) is 5.71. The monoisotopic (exact) mass is 420 g/mol. The van der Waals surface area contributed by atoms with E-state index in [9.17, 15) is 0 Å². The first-order valence-electron chi connectivity index (χ1n) is 4.53. The van der Waals surface area contributed by atoms with E-state index in [4.69, 9.17) is 0 Å². The molecule has 82 valence electrons. The number of halogens is 3. The SMILES string of the molecule is Brc1ccc(Sc2ccc(Br)c(Br)c2)cc1. The molecule has 16 heavy (non-hydrogen) atoms. The van der Waals surface area contributed by atoms with Gasteiger partial charge in [-0.2, -0.15) is 0 Å². The van der Waals surface area contributed by atoms with Gasteiger partial charge in [0.2, 0.25) is 0 Å². The third-order valence-electron chi connectivity index (χ3n) is 1.94. The lowest BCUT2D eigenvalue weighted by atomic mass is 10.4. The Morgan fingerprint density at radius 2 is 1.31 bits per heavy atom. The molecule has 0 spiro atoms. The molecule has 0 aromatic heterocycles. The van der Waals surface area contributed by atoms with E-state index in [0.717, 1.165) is 13.4 Å². The molecule has 0 bridgehead atoms. The molecular weight excluding hydrogens is 416 g/mol. The van der Waals surface area contributed by atoms with Crippen LogP contribution in [0.5, 0.6) is 0 Å². The molecule has 4 heteroatoms. The first-order chi connectivity index (χ1) is 7.65. The topological polar surface area (TPSA) is 0 Å². The van der Waals surface area contributed by atoms with Gasteiger partial charge < -0.3 is 0 Å². The van der Waals surface area contributed by atoms with Gasteiger partial charge >= 0.3 is 0 Å². The fourth-order valence-corrected chi connectivity index (χ4v) is 3.08. The van der Waals surface area contributed by atoms with E-state index in [1.165, 1.54) is 9.79 Å². The zero-order valence-corrected chi connectivity index (χ0v) is 13.7. The summed E-state index contributed by atoms with van der Waals surface area (Å²) in [7, 11) is 0. The van der Waals surface area contributed by atoms with Crippen molar-refractivity contribution in [2.45, 2.75) is 9.79 Å². The average molecular weight is 423 g/mol. The second-order valence-corrected chi connectivity index (χ2v) is 6.90. The van der Waals surface area contributed by atoms with Crippen LogP contribution in [0.25, 0.3) is 0 Å². The highest BCUT2D eigenvalue weighted by molar-refractivity contribution is 9.13. The molecule has 2 aromatic rings. The van der Waals surface area contributed by atoms with Gasteiger partial charge in [0.15, 0.2) is 0 Å². The Labute approximate surface area is 124 Å². The summed E-state index contributed by atoms with van der Waals surface area (Å²) in [6, 6.07) is 14.6. The standard InChI is InChI=1S/C12H7Br3S/c13-8-1-3-9(4-2-8)16-10-5-6-11(14)12(15)7-10/h1-7H. The van der Waals surface area contributed by atoms with Crippen molar-refractivity contribution in [3.8, 4) is 0 Å². The average Bonchev–Trinajstić information content (AvgIpc) is 2.27. The van der Waals surface area contributed by atoms with Crippen LogP contribution < -0.4 is 0 Å². The Kier molecular flexibility index (Phi) is 4.53. The minimum Gasteiger partial charge on any atom is -0.0901 e. The van der Waals surface area contributed by atoms with Crippen molar-refractivity contribution < 1.29 is 0 Å². The largest absolute Gasteiger partial charge is 0.0901 e. The summed E-state index contributed by atoms with van der Waals surface area (Å²) in [5.41, 5.74) is 0. The normalized spacial score (nSPS) is 10.4. The molecule has 0 saturated heterocycles. The Morgan fingerprint density at radius 1 is 0.688 bits per heavy atom. The van der Waals surface area contributed by atoms with Gasteiger partial charge in [0.1, 0.15) is 0 Å². The van der Waals surface area contributed by atoms with Crippen LogP contribution in [0.1, 0.15) is 0 Å². The summed E-state index contributed by atoms with van der Waals surface area (Å²) >= 11 is 12.1. The number of hydrogen-bond acceptors (Lipinski definition) is 1. The Bertz CT molecular complexity index is 494. The zero-order chi connectivity index (χ0) is 11.5. The summed E-state index contributed by atoms with van der Waals surface area (Å²) in [4.78, 5) is 2.45. The van der Waals surface area contributed by atoms with E-state index in [0.29, 0.717) is 0 Å². The second-order valence-electron chi connectivity index (χ2n) is 3.13. The van der Waals surface area contributed by atoms with Crippen LogP contribution in [-0.2, 0) is 0 Å². The Balaban J connectivity index is 2.20. The highest BCUT2D eigenvalue weighted by atomic mass is 79.9. The van der Waals surface area contributed by atoms with Crippen molar-refractivity contribution in [2.24, 2.45) is 0 Å². The molecule has 0 saturated carbocycles. The number of benzene rings is 2. The summed E-state index contributed by atoms with van der Waals surface area (Å²) < 4.78 is 3.26. The Hall–Kier alpha value is 0.230. The molecule has 2 rings (SSSR count). The Morgan fingerprint density at radius 3 is 1.94 bits per heavy atom. The lowest BCUT2D eigenvalue weighted by Crippen LogP contribution is -1.75. The highest BCUT2D eigenvalue weighted by Gasteiger charge is 2.01. The van der Waals surface area contributed by atoms with Crippen LogP contribution in [0.3, 0.4) is 0 Å². The van der Waals surface area contributed by atoms with Crippen molar-refractivity contribution in [1.29, 1.82) is 0 Å². The van der Waals surface area contributed by atoms with Crippen molar-refractivity contribution >= 4 is 59.6 Å². The van der Waals surface area contributed by atoms with E-state index in [2.05, 4.69) is 84.2 Å². The molecule has 2 aromatic carbocycles. The third-order valence-corrected chi connectivity index (χ3v) is 5.35. The van der Waals surface area contributed by atoms with E-state index in [1.54, 1.807) is 11.8 Å². The molecule has 0 heterocycles. The highest BCUT2D eigenvalue weighted by Crippen LogP contribution is 2.33. The van der Waals surface area contributed by atoms with Gasteiger partial charge in [-0.15, -0.1) is 0 Å². The maximum Gasteiger partial charge on any atom is 0.0328 e. The minimum atomic E-state index is 1.08. The summed E-state index contributed by atoms with van der Waals surface area (Å²) in [6.45, 7) is 0. The van der Waals surface area contributed by atoms with Crippen LogP contribution in [0.15, 0.2) is 65.7 Å². The van der Waals surface area contributed by atoms with E-state index in [1.807, 2.05) is 6.07 Å². The molecule has 0 nitrogen and oxygen atoms in total. The predicted molar refractivity (Wildman–Crippen MR) is 80.1 cm³/mol. The first-order valence-corrected chi connectivity index (χ1v) is 7.73. The van der Waals surface area contributed by atoms with Crippen LogP contribution in [0.4, 0.5) is 0 Å². The maximum atomic E-state index is 3.50. The molecule has 0 aliphatic rings. The smallest absolute Gasteiger partial charge is 0.0328 e. The van der Waals surface area contributed by atoms with Crippen LogP contribution >= 0.6 is 59.6 Å². The predicted octanol–water partition coefficient (Wildman–Crippen LogP) is 6.13. The van der Waals surface area contributed by atoms with Gasteiger partial charge in [-0.25, -0.2) is 0 Å². The molecule has 0 radical (unpaired) electrons. The molecular formula is C12H7Br3S. The van der Waals surface area contributed by atoms with Gasteiger partial charge in [0.05, 0.1) is 0 Å². The van der Waals surface area contributed by atoms with E-state index in [-0.39, 0.29) is 0 Å². The van der Waals surface area contributed by atoms with Gasteiger partial charge in [0.25, 0.3) is 0 Å². The molecule has 0 N–H and O–H groups in total. The fourth-order valence-electron chi connectivity index (χ4n) is 1.18. The lowest BCUT2D eigenvalue weighted by Gasteiger charge is -2.03. The maximum absolute atomic E-state index is 3.50. The van der Waals surface area contributed by atoms with Crippen LogP contribution in [-0.4, -0.2) is 0 Å². The first kappa shape index (κ1) is 12.7. The van der Waals surface area contributed by atoms with Crippen LogP contribution in [0, 0.1) is 0 Å². The molecule has 0 aliphatic heterocycles. The summed E-state index contributed by atoms with van der Waals surface area (Å²) in [6.07, 6.45) is 0. The molecule has 0 amide bonds. The van der Waals surface area contributed by atoms with Gasteiger partial charge in [0, 0.05) is 23.2 Å². The van der Waals surface area contributed by atoms with E-state index >= 15 is 0 Å². The molecule has 0 aliphatic carbocycles. The van der Waals surface area contributed by atoms with Crippen molar-refractivity contribution in [3.05, 3.63) is 55.9 Å². The zero-order valence-electron chi connectivity index (χ0n) is 8.08.